The van der Waals surface area contributed by atoms with Crippen LogP contribution in [0.25, 0.3) is 33.2 Å². The van der Waals surface area contributed by atoms with Gasteiger partial charge >= 0.3 is 0 Å². The number of aromatic nitrogens is 2. The van der Waals surface area contributed by atoms with E-state index in [0.717, 1.165) is 34.2 Å². The first-order valence-corrected chi connectivity index (χ1v) is 8.60. The summed E-state index contributed by atoms with van der Waals surface area (Å²) < 4.78 is 0. The molecule has 0 N–H and O–H groups in total. The van der Waals surface area contributed by atoms with Crippen LogP contribution < -0.4 is 0 Å². The van der Waals surface area contributed by atoms with Crippen LogP contribution >= 0.6 is 0 Å². The highest BCUT2D eigenvalue weighted by Crippen LogP contribution is 2.27. The highest BCUT2D eigenvalue weighted by molar-refractivity contribution is 5.85. The SMILES string of the molecule is CCCCc1cc2ccccc2nc1-c1ccc2ccccc2n1. The summed E-state index contributed by atoms with van der Waals surface area (Å²) in [5.74, 6) is 0. The van der Waals surface area contributed by atoms with Crippen molar-refractivity contribution in [3.8, 4) is 11.4 Å². The monoisotopic (exact) mass is 312 g/mol. The fraction of sp³-hybridized carbons (Fsp3) is 0.182. The van der Waals surface area contributed by atoms with E-state index in [-0.39, 0.29) is 0 Å². The molecule has 0 unspecified atom stereocenters. The summed E-state index contributed by atoms with van der Waals surface area (Å²) in [6.07, 6.45) is 3.39. The van der Waals surface area contributed by atoms with Gasteiger partial charge < -0.3 is 0 Å². The van der Waals surface area contributed by atoms with Gasteiger partial charge in [-0.3, -0.25) is 0 Å². The van der Waals surface area contributed by atoms with E-state index in [0.29, 0.717) is 0 Å². The van der Waals surface area contributed by atoms with Crippen LogP contribution in [0, 0.1) is 0 Å². The summed E-state index contributed by atoms with van der Waals surface area (Å²) in [5.41, 5.74) is 5.32. The van der Waals surface area contributed by atoms with Gasteiger partial charge in [0.25, 0.3) is 0 Å². The van der Waals surface area contributed by atoms with Crippen molar-refractivity contribution in [2.24, 2.45) is 0 Å². The van der Waals surface area contributed by atoms with Gasteiger partial charge in [0.2, 0.25) is 0 Å². The molecule has 0 aliphatic heterocycles. The molecule has 0 saturated carbocycles. The molecule has 0 radical (unpaired) electrons. The summed E-state index contributed by atoms with van der Waals surface area (Å²) in [4.78, 5) is 9.80. The molecule has 4 rings (SSSR count). The summed E-state index contributed by atoms with van der Waals surface area (Å²) in [6.45, 7) is 2.22. The zero-order chi connectivity index (χ0) is 16.4. The normalized spacial score (nSPS) is 11.2. The Morgan fingerprint density at radius 3 is 2.25 bits per heavy atom. The molecule has 2 heterocycles. The minimum absolute atomic E-state index is 0.963. The number of pyridine rings is 2. The van der Waals surface area contributed by atoms with E-state index >= 15 is 0 Å². The van der Waals surface area contributed by atoms with Crippen molar-refractivity contribution in [2.45, 2.75) is 26.2 Å². The number of fused-ring (bicyclic) bond motifs is 2. The smallest absolute Gasteiger partial charge is 0.0926 e. The van der Waals surface area contributed by atoms with Crippen LogP contribution in [-0.2, 0) is 6.42 Å². The zero-order valence-corrected chi connectivity index (χ0v) is 13.9. The van der Waals surface area contributed by atoms with Crippen molar-refractivity contribution in [1.82, 2.24) is 9.97 Å². The highest BCUT2D eigenvalue weighted by Gasteiger charge is 2.11. The Balaban J connectivity index is 1.91. The molecule has 4 aromatic rings. The molecule has 24 heavy (non-hydrogen) atoms. The number of aryl methyl sites for hydroxylation is 1. The molecule has 0 bridgehead atoms. The van der Waals surface area contributed by atoms with Gasteiger partial charge in [0.1, 0.15) is 0 Å². The van der Waals surface area contributed by atoms with Crippen LogP contribution in [0.15, 0.2) is 66.7 Å². The van der Waals surface area contributed by atoms with Gasteiger partial charge in [-0.2, -0.15) is 0 Å². The van der Waals surface area contributed by atoms with Gasteiger partial charge in [0.15, 0.2) is 0 Å². The largest absolute Gasteiger partial charge is 0.246 e. The highest BCUT2D eigenvalue weighted by atomic mass is 14.8. The first kappa shape index (κ1) is 14.8. The molecular formula is C22H20N2. The fourth-order valence-electron chi connectivity index (χ4n) is 3.14. The summed E-state index contributed by atoms with van der Waals surface area (Å²) in [6, 6.07) is 23.1. The van der Waals surface area contributed by atoms with Crippen molar-refractivity contribution in [3.05, 3.63) is 72.3 Å². The molecule has 0 amide bonds. The van der Waals surface area contributed by atoms with Crippen molar-refractivity contribution in [2.75, 3.05) is 0 Å². The molecule has 0 saturated heterocycles. The Bertz CT molecular complexity index is 1000. The predicted octanol–water partition coefficient (Wildman–Crippen LogP) is 5.79. The Morgan fingerprint density at radius 1 is 0.750 bits per heavy atom. The molecule has 2 aromatic heterocycles. The predicted molar refractivity (Wildman–Crippen MR) is 101 cm³/mol. The van der Waals surface area contributed by atoms with Crippen molar-refractivity contribution in [3.63, 3.8) is 0 Å². The van der Waals surface area contributed by atoms with Gasteiger partial charge in [-0.15, -0.1) is 0 Å². The van der Waals surface area contributed by atoms with Crippen LogP contribution in [0.4, 0.5) is 0 Å². The average molecular weight is 312 g/mol. The van der Waals surface area contributed by atoms with Crippen LogP contribution in [-0.4, -0.2) is 9.97 Å². The molecule has 118 valence electrons. The van der Waals surface area contributed by atoms with E-state index in [1.165, 1.54) is 23.8 Å². The lowest BCUT2D eigenvalue weighted by Crippen LogP contribution is -1.97. The van der Waals surface area contributed by atoms with Gasteiger partial charge in [-0.05, 0) is 42.7 Å². The number of benzene rings is 2. The molecule has 0 aliphatic rings. The molecular weight excluding hydrogens is 292 g/mol. The third-order valence-corrected chi connectivity index (χ3v) is 4.44. The third kappa shape index (κ3) is 2.76. The number of unbranched alkanes of at least 4 members (excludes halogenated alkanes) is 1. The maximum Gasteiger partial charge on any atom is 0.0926 e. The van der Waals surface area contributed by atoms with Crippen LogP contribution in [0.2, 0.25) is 0 Å². The van der Waals surface area contributed by atoms with Gasteiger partial charge in [-0.1, -0.05) is 55.8 Å². The molecule has 0 atom stereocenters. The molecule has 0 aliphatic carbocycles. The van der Waals surface area contributed by atoms with Crippen LogP contribution in [0.1, 0.15) is 25.3 Å². The van der Waals surface area contributed by atoms with Gasteiger partial charge in [-0.25, -0.2) is 9.97 Å². The lowest BCUT2D eigenvalue weighted by atomic mass is 10.0. The number of rotatable bonds is 4. The molecule has 2 nitrogen and oxygen atoms in total. The first-order chi connectivity index (χ1) is 11.8. The van der Waals surface area contributed by atoms with E-state index in [1.54, 1.807) is 0 Å². The average Bonchev–Trinajstić information content (AvgIpc) is 2.65. The van der Waals surface area contributed by atoms with Crippen molar-refractivity contribution < 1.29 is 0 Å². The zero-order valence-electron chi connectivity index (χ0n) is 13.9. The topological polar surface area (TPSA) is 25.8 Å². The maximum absolute atomic E-state index is 4.94. The third-order valence-electron chi connectivity index (χ3n) is 4.44. The molecule has 0 fully saturated rings. The maximum atomic E-state index is 4.94. The van der Waals surface area contributed by atoms with E-state index in [9.17, 15) is 0 Å². The van der Waals surface area contributed by atoms with Crippen LogP contribution in [0.5, 0.6) is 0 Å². The quantitative estimate of drug-likeness (QED) is 0.476. The number of hydrogen-bond acceptors (Lipinski definition) is 2. The first-order valence-electron chi connectivity index (χ1n) is 8.60. The van der Waals surface area contributed by atoms with Gasteiger partial charge in [0.05, 0.1) is 22.4 Å². The minimum atomic E-state index is 0.963. The Hall–Kier alpha value is -2.74. The lowest BCUT2D eigenvalue weighted by molar-refractivity contribution is 0.794. The van der Waals surface area contributed by atoms with Gasteiger partial charge in [0, 0.05) is 10.8 Å². The molecule has 0 spiro atoms. The Kier molecular flexibility index (Phi) is 3.96. The Labute approximate surface area is 142 Å². The number of nitrogens with zero attached hydrogens (tertiary/aromatic N) is 2. The summed E-state index contributed by atoms with van der Waals surface area (Å²) in [7, 11) is 0. The Morgan fingerprint density at radius 2 is 1.46 bits per heavy atom. The van der Waals surface area contributed by atoms with E-state index in [1.807, 2.05) is 18.2 Å². The van der Waals surface area contributed by atoms with Crippen LogP contribution in [0.3, 0.4) is 0 Å². The fourth-order valence-corrected chi connectivity index (χ4v) is 3.14. The summed E-state index contributed by atoms with van der Waals surface area (Å²) >= 11 is 0. The van der Waals surface area contributed by atoms with Crippen molar-refractivity contribution in [1.29, 1.82) is 0 Å². The standard InChI is InChI=1S/C22H20N2/c1-2-3-8-18-15-17-10-5-7-12-20(17)24-22(18)21-14-13-16-9-4-6-11-19(16)23-21/h4-7,9-15H,2-3,8H2,1H3. The second-order valence-electron chi connectivity index (χ2n) is 6.18. The van der Waals surface area contributed by atoms with E-state index in [2.05, 4.69) is 55.5 Å². The lowest BCUT2D eigenvalue weighted by Gasteiger charge is -2.11. The minimum Gasteiger partial charge on any atom is -0.246 e. The number of hydrogen-bond donors (Lipinski definition) is 0. The molecule has 2 heteroatoms. The number of para-hydroxylation sites is 2. The van der Waals surface area contributed by atoms with E-state index in [4.69, 9.17) is 9.97 Å². The second kappa shape index (κ2) is 6.40. The van der Waals surface area contributed by atoms with Crippen molar-refractivity contribution >= 4 is 21.8 Å². The van der Waals surface area contributed by atoms with E-state index < -0.39 is 0 Å². The molecule has 2 aromatic carbocycles. The second-order valence-corrected chi connectivity index (χ2v) is 6.18. The summed E-state index contributed by atoms with van der Waals surface area (Å²) in [5, 5.41) is 2.37.